The van der Waals surface area contributed by atoms with Crippen LogP contribution in [-0.2, 0) is 17.4 Å². The molecule has 2 aliphatic rings. The van der Waals surface area contributed by atoms with E-state index in [0.29, 0.717) is 24.7 Å². The normalized spacial score (nSPS) is 20.8. The number of benzene rings is 2. The second-order valence-corrected chi connectivity index (χ2v) is 8.11. The van der Waals surface area contributed by atoms with Gasteiger partial charge in [-0.2, -0.15) is 13.2 Å². The molecule has 3 amide bonds. The molecule has 2 atom stereocenters. The van der Waals surface area contributed by atoms with Gasteiger partial charge in [-0.3, -0.25) is 19.7 Å². The molecule has 30 heavy (non-hydrogen) atoms. The number of primary amides is 1. The van der Waals surface area contributed by atoms with E-state index in [2.05, 4.69) is 5.32 Å². The van der Waals surface area contributed by atoms with Gasteiger partial charge >= 0.3 is 6.18 Å². The Morgan fingerprint density at radius 1 is 1.17 bits per heavy atom. The van der Waals surface area contributed by atoms with Gasteiger partial charge in [-0.05, 0) is 54.3 Å². The van der Waals surface area contributed by atoms with Crippen LogP contribution in [0.1, 0.15) is 39.4 Å². The summed E-state index contributed by atoms with van der Waals surface area (Å²) < 4.78 is 44.4. The summed E-state index contributed by atoms with van der Waals surface area (Å²) in [6.07, 6.45) is -3.27. The van der Waals surface area contributed by atoms with Crippen LogP contribution in [0.25, 0.3) is 0 Å². The average molecular weight is 436 g/mol. The Morgan fingerprint density at radius 2 is 1.93 bits per heavy atom. The van der Waals surface area contributed by atoms with Crippen molar-refractivity contribution < 1.29 is 32.3 Å². The quantitative estimate of drug-likeness (QED) is 0.756. The van der Waals surface area contributed by atoms with Gasteiger partial charge in [-0.15, -0.1) is 0 Å². The van der Waals surface area contributed by atoms with Crippen LogP contribution in [0.2, 0.25) is 0 Å². The molecule has 0 saturated carbocycles. The van der Waals surface area contributed by atoms with Gasteiger partial charge < -0.3 is 10.5 Å². The number of hydrogen-bond acceptors (Lipinski definition) is 5. The molecule has 10 heteroatoms. The number of carbonyl (C=O) groups is 3. The van der Waals surface area contributed by atoms with E-state index in [0.717, 1.165) is 35.0 Å². The van der Waals surface area contributed by atoms with Crippen LogP contribution in [0.15, 0.2) is 36.4 Å². The highest BCUT2D eigenvalue weighted by atomic mass is 32.2. The number of carbonyl (C=O) groups excluding carboxylic acids is 3. The number of thioether (sulfide) groups is 1. The molecule has 0 spiro atoms. The SMILES string of the molecule is NC(=O)c1cc(C(F)(F)F)ccc1Oc1ccc2c(c1)CC[C@H]2C1SC(=O)NC1=O. The van der Waals surface area contributed by atoms with Crippen LogP contribution in [0.4, 0.5) is 18.0 Å². The minimum atomic E-state index is -4.61. The number of nitrogens with one attached hydrogen (secondary N) is 1. The van der Waals surface area contributed by atoms with Crippen LogP contribution >= 0.6 is 11.8 Å². The van der Waals surface area contributed by atoms with E-state index in [1.165, 1.54) is 0 Å². The first-order valence-electron chi connectivity index (χ1n) is 8.96. The zero-order valence-corrected chi connectivity index (χ0v) is 16.1. The van der Waals surface area contributed by atoms with Crippen LogP contribution in [0, 0.1) is 0 Å². The Morgan fingerprint density at radius 3 is 2.57 bits per heavy atom. The number of imide groups is 1. The van der Waals surface area contributed by atoms with E-state index < -0.39 is 22.9 Å². The Hall–Kier alpha value is -3.01. The number of hydrogen-bond donors (Lipinski definition) is 2. The summed E-state index contributed by atoms with van der Waals surface area (Å²) in [4.78, 5) is 35.1. The highest BCUT2D eigenvalue weighted by molar-refractivity contribution is 8.15. The van der Waals surface area contributed by atoms with Gasteiger partial charge in [0.25, 0.3) is 11.1 Å². The van der Waals surface area contributed by atoms with Crippen molar-refractivity contribution in [3.05, 3.63) is 58.7 Å². The molecule has 2 aromatic rings. The molecule has 0 bridgehead atoms. The summed E-state index contributed by atoms with van der Waals surface area (Å²) in [7, 11) is 0. The maximum absolute atomic E-state index is 12.9. The zero-order chi connectivity index (χ0) is 21.6. The molecule has 1 aliphatic carbocycles. The van der Waals surface area contributed by atoms with Gasteiger partial charge in [0.05, 0.1) is 11.1 Å². The zero-order valence-electron chi connectivity index (χ0n) is 15.3. The molecule has 2 aromatic carbocycles. The summed E-state index contributed by atoms with van der Waals surface area (Å²) >= 11 is 0.976. The molecule has 156 valence electrons. The van der Waals surface area contributed by atoms with E-state index in [9.17, 15) is 27.6 Å². The second kappa shape index (κ2) is 7.35. The summed E-state index contributed by atoms with van der Waals surface area (Å²) in [5, 5.41) is 1.44. The molecule has 1 aliphatic heterocycles. The van der Waals surface area contributed by atoms with Gasteiger partial charge in [-0.1, -0.05) is 17.8 Å². The fourth-order valence-corrected chi connectivity index (χ4v) is 4.76. The maximum Gasteiger partial charge on any atom is 0.416 e. The fraction of sp³-hybridized carbons (Fsp3) is 0.250. The lowest BCUT2D eigenvalue weighted by Crippen LogP contribution is -2.27. The van der Waals surface area contributed by atoms with Crippen LogP contribution in [0.5, 0.6) is 11.5 Å². The predicted molar refractivity (Wildman–Crippen MR) is 102 cm³/mol. The fourth-order valence-electron chi connectivity index (χ4n) is 3.75. The van der Waals surface area contributed by atoms with Crippen LogP contribution in [0.3, 0.4) is 0 Å². The summed E-state index contributed by atoms with van der Waals surface area (Å²) in [6.45, 7) is 0. The number of rotatable bonds is 4. The van der Waals surface area contributed by atoms with Crippen molar-refractivity contribution in [2.45, 2.75) is 30.2 Å². The Bertz CT molecular complexity index is 1070. The third kappa shape index (κ3) is 3.74. The standard InChI is InChI=1S/C20H15F3N2O4S/c21-20(22,23)10-2-6-15(14(8-10)17(24)26)29-11-3-5-12-9(7-11)1-4-13(12)16-18(27)25-19(28)30-16/h2-3,5-8,13,16H,1,4H2,(H2,24,26)(H,25,27,28)/t13-,16?/m1/s1. The van der Waals surface area contributed by atoms with Crippen molar-refractivity contribution in [3.8, 4) is 11.5 Å². The summed E-state index contributed by atoms with van der Waals surface area (Å²) in [6, 6.07) is 7.64. The number of aryl methyl sites for hydroxylation is 1. The Balaban J connectivity index is 1.60. The first-order valence-corrected chi connectivity index (χ1v) is 9.84. The first-order chi connectivity index (χ1) is 14.1. The van der Waals surface area contributed by atoms with Gasteiger partial charge in [0, 0.05) is 5.92 Å². The number of fused-ring (bicyclic) bond motifs is 1. The van der Waals surface area contributed by atoms with Gasteiger partial charge in [0.15, 0.2) is 0 Å². The highest BCUT2D eigenvalue weighted by Gasteiger charge is 2.41. The lowest BCUT2D eigenvalue weighted by atomic mass is 9.97. The predicted octanol–water partition coefficient (Wildman–Crippen LogP) is 3.98. The maximum atomic E-state index is 12.9. The average Bonchev–Trinajstić information content (AvgIpc) is 3.22. The largest absolute Gasteiger partial charge is 0.457 e. The van der Waals surface area contributed by atoms with Crippen molar-refractivity contribution in [2.24, 2.45) is 5.73 Å². The molecular weight excluding hydrogens is 421 g/mol. The Labute approximate surface area is 173 Å². The third-order valence-corrected chi connectivity index (χ3v) is 6.23. The minimum Gasteiger partial charge on any atom is -0.457 e. The smallest absolute Gasteiger partial charge is 0.416 e. The molecule has 6 nitrogen and oxygen atoms in total. The van der Waals surface area contributed by atoms with E-state index in [-0.39, 0.29) is 28.4 Å². The Kier molecular flexibility index (Phi) is 4.97. The lowest BCUT2D eigenvalue weighted by Gasteiger charge is -2.16. The van der Waals surface area contributed by atoms with Crippen molar-refractivity contribution in [1.29, 1.82) is 0 Å². The molecule has 4 rings (SSSR count). The number of alkyl halides is 3. The van der Waals surface area contributed by atoms with Crippen molar-refractivity contribution in [1.82, 2.24) is 5.32 Å². The highest BCUT2D eigenvalue weighted by Crippen LogP contribution is 2.43. The van der Waals surface area contributed by atoms with E-state index in [4.69, 9.17) is 10.5 Å². The van der Waals surface area contributed by atoms with Crippen molar-refractivity contribution in [2.75, 3.05) is 0 Å². The lowest BCUT2D eigenvalue weighted by molar-refractivity contribution is -0.137. The first kappa shape index (κ1) is 20.3. The molecule has 0 radical (unpaired) electrons. The molecule has 0 aromatic heterocycles. The number of ether oxygens (including phenoxy) is 1. The minimum absolute atomic E-state index is 0.0821. The topological polar surface area (TPSA) is 98.5 Å². The summed E-state index contributed by atoms with van der Waals surface area (Å²) in [5.74, 6) is -1.21. The molecule has 3 N–H and O–H groups in total. The molecule has 1 fully saturated rings. The van der Waals surface area contributed by atoms with Crippen molar-refractivity contribution >= 4 is 28.8 Å². The van der Waals surface area contributed by atoms with E-state index in [1.54, 1.807) is 18.2 Å². The monoisotopic (exact) mass is 436 g/mol. The third-order valence-electron chi connectivity index (χ3n) is 5.12. The van der Waals surface area contributed by atoms with Gasteiger partial charge in [0.1, 0.15) is 16.7 Å². The van der Waals surface area contributed by atoms with Crippen LogP contribution < -0.4 is 15.8 Å². The number of nitrogens with two attached hydrogens (primary N) is 1. The molecular formula is C20H15F3N2O4S. The number of amides is 3. The molecule has 1 saturated heterocycles. The number of halogens is 3. The van der Waals surface area contributed by atoms with Gasteiger partial charge in [0.2, 0.25) is 5.91 Å². The van der Waals surface area contributed by atoms with Gasteiger partial charge in [-0.25, -0.2) is 0 Å². The van der Waals surface area contributed by atoms with Crippen LogP contribution in [-0.4, -0.2) is 22.3 Å². The molecule has 1 heterocycles. The van der Waals surface area contributed by atoms with E-state index in [1.807, 2.05) is 0 Å². The van der Waals surface area contributed by atoms with Crippen molar-refractivity contribution in [3.63, 3.8) is 0 Å². The molecule has 1 unspecified atom stereocenters. The second-order valence-electron chi connectivity index (χ2n) is 7.00. The van der Waals surface area contributed by atoms with E-state index >= 15 is 0 Å². The summed E-state index contributed by atoms with van der Waals surface area (Å²) in [5.41, 5.74) is 5.69.